The first-order valence-corrected chi connectivity index (χ1v) is 7.23. The van der Waals surface area contributed by atoms with Crippen LogP contribution in [0.4, 0.5) is 0 Å². The summed E-state index contributed by atoms with van der Waals surface area (Å²) in [6, 6.07) is 6.20. The highest BCUT2D eigenvalue weighted by Gasteiger charge is 2.23. The summed E-state index contributed by atoms with van der Waals surface area (Å²) < 4.78 is 5.12. The van der Waals surface area contributed by atoms with E-state index in [1.54, 1.807) is 0 Å². The smallest absolute Gasteiger partial charge is 0.323 e. The van der Waals surface area contributed by atoms with E-state index >= 15 is 0 Å². The molecule has 2 aromatic rings. The molecule has 96 valence electrons. The lowest BCUT2D eigenvalue weighted by Crippen LogP contribution is -2.12. The van der Waals surface area contributed by atoms with Crippen molar-refractivity contribution >= 4 is 28.6 Å². The van der Waals surface area contributed by atoms with Gasteiger partial charge in [-0.1, -0.05) is 11.6 Å². The van der Waals surface area contributed by atoms with Gasteiger partial charge in [0.2, 0.25) is 0 Å². The Morgan fingerprint density at radius 2 is 2.28 bits per heavy atom. The van der Waals surface area contributed by atoms with Gasteiger partial charge < -0.3 is 9.72 Å². The molecule has 1 unspecified atom stereocenters. The molecule has 0 spiro atoms. The standard InChI is InChI=1S/C14H17NO2S/c1-4-17-14(16)13(18-3)11-8-15-12-6-5-9(2)7-10(11)12/h5-8,13,15H,4H2,1-3H3. The van der Waals surface area contributed by atoms with Gasteiger partial charge in [0, 0.05) is 22.7 Å². The highest BCUT2D eigenvalue weighted by Crippen LogP contribution is 2.33. The molecule has 0 amide bonds. The molecule has 0 radical (unpaired) electrons. The second-order valence-electron chi connectivity index (χ2n) is 4.16. The largest absolute Gasteiger partial charge is 0.465 e. The first-order valence-electron chi connectivity index (χ1n) is 5.94. The molecule has 1 N–H and O–H groups in total. The van der Waals surface area contributed by atoms with E-state index in [0.717, 1.165) is 16.5 Å². The van der Waals surface area contributed by atoms with Gasteiger partial charge in [-0.15, -0.1) is 11.8 Å². The molecule has 4 heteroatoms. The number of aromatic amines is 1. The minimum absolute atomic E-state index is 0.174. The van der Waals surface area contributed by atoms with E-state index in [1.807, 2.05) is 25.4 Å². The summed E-state index contributed by atoms with van der Waals surface area (Å²) in [7, 11) is 0. The van der Waals surface area contributed by atoms with Gasteiger partial charge >= 0.3 is 5.97 Å². The van der Waals surface area contributed by atoms with Crippen LogP contribution in [0.3, 0.4) is 0 Å². The summed E-state index contributed by atoms with van der Waals surface area (Å²) in [6.45, 7) is 4.29. The molecule has 0 saturated heterocycles. The van der Waals surface area contributed by atoms with E-state index in [9.17, 15) is 4.79 Å². The van der Waals surface area contributed by atoms with E-state index in [4.69, 9.17) is 4.74 Å². The number of rotatable bonds is 4. The molecule has 1 aromatic carbocycles. The van der Waals surface area contributed by atoms with Crippen LogP contribution in [0, 0.1) is 6.92 Å². The van der Waals surface area contributed by atoms with Crippen molar-refractivity contribution in [2.24, 2.45) is 0 Å². The third-order valence-electron chi connectivity index (χ3n) is 2.89. The normalized spacial score (nSPS) is 12.6. The Labute approximate surface area is 111 Å². The van der Waals surface area contributed by atoms with Crippen LogP contribution in [-0.2, 0) is 9.53 Å². The third-order valence-corrected chi connectivity index (χ3v) is 3.81. The number of hydrogen-bond donors (Lipinski definition) is 1. The van der Waals surface area contributed by atoms with E-state index in [0.29, 0.717) is 6.61 Å². The number of H-pyrrole nitrogens is 1. The van der Waals surface area contributed by atoms with Crippen molar-refractivity contribution in [3.63, 3.8) is 0 Å². The lowest BCUT2D eigenvalue weighted by atomic mass is 10.1. The number of fused-ring (bicyclic) bond motifs is 1. The van der Waals surface area contributed by atoms with Crippen LogP contribution in [0.5, 0.6) is 0 Å². The number of carbonyl (C=O) groups is 1. The topological polar surface area (TPSA) is 42.1 Å². The SMILES string of the molecule is CCOC(=O)C(SC)c1c[nH]c2ccc(C)cc12. The lowest BCUT2D eigenvalue weighted by molar-refractivity contribution is -0.142. The van der Waals surface area contributed by atoms with Gasteiger partial charge in [-0.05, 0) is 32.2 Å². The summed E-state index contributed by atoms with van der Waals surface area (Å²) in [5.41, 5.74) is 3.24. The van der Waals surface area contributed by atoms with Crippen LogP contribution >= 0.6 is 11.8 Å². The van der Waals surface area contributed by atoms with Crippen LogP contribution in [0.2, 0.25) is 0 Å². The van der Waals surface area contributed by atoms with Gasteiger partial charge in [-0.25, -0.2) is 0 Å². The molecule has 0 saturated carbocycles. The molecule has 0 fully saturated rings. The molecule has 0 aliphatic carbocycles. The van der Waals surface area contributed by atoms with E-state index in [2.05, 4.69) is 24.0 Å². The third kappa shape index (κ3) is 2.38. The Morgan fingerprint density at radius 3 is 2.94 bits per heavy atom. The summed E-state index contributed by atoms with van der Waals surface area (Å²) in [6.07, 6.45) is 3.83. The molecule has 2 rings (SSSR count). The van der Waals surface area contributed by atoms with Crippen molar-refractivity contribution in [3.05, 3.63) is 35.5 Å². The number of esters is 1. The minimum Gasteiger partial charge on any atom is -0.465 e. The van der Waals surface area contributed by atoms with Crippen LogP contribution in [-0.4, -0.2) is 23.8 Å². The Hall–Kier alpha value is -1.42. The van der Waals surface area contributed by atoms with Crippen LogP contribution in [0.25, 0.3) is 10.9 Å². The van der Waals surface area contributed by atoms with Gasteiger partial charge in [-0.2, -0.15) is 0 Å². The second-order valence-corrected chi connectivity index (χ2v) is 5.10. The van der Waals surface area contributed by atoms with Crippen molar-refractivity contribution in [2.75, 3.05) is 12.9 Å². The average molecular weight is 263 g/mol. The summed E-state index contributed by atoms with van der Waals surface area (Å²) >= 11 is 1.50. The van der Waals surface area contributed by atoms with Crippen molar-refractivity contribution in [3.8, 4) is 0 Å². The number of hydrogen-bond acceptors (Lipinski definition) is 3. The van der Waals surface area contributed by atoms with Crippen molar-refractivity contribution in [1.82, 2.24) is 4.98 Å². The maximum absolute atomic E-state index is 11.9. The van der Waals surface area contributed by atoms with Gasteiger partial charge in [0.1, 0.15) is 5.25 Å². The Bertz CT molecular complexity index is 562. The zero-order valence-corrected chi connectivity index (χ0v) is 11.6. The van der Waals surface area contributed by atoms with Crippen LogP contribution in [0.1, 0.15) is 23.3 Å². The molecule has 0 bridgehead atoms. The molecule has 0 aliphatic heterocycles. The highest BCUT2D eigenvalue weighted by atomic mass is 32.2. The summed E-state index contributed by atoms with van der Waals surface area (Å²) in [5, 5.41) is 0.836. The Kier molecular flexibility index (Phi) is 3.97. The highest BCUT2D eigenvalue weighted by molar-refractivity contribution is 7.99. The van der Waals surface area contributed by atoms with Crippen LogP contribution in [0.15, 0.2) is 24.4 Å². The quantitative estimate of drug-likeness (QED) is 0.859. The van der Waals surface area contributed by atoms with Gasteiger partial charge in [0.25, 0.3) is 0 Å². The first kappa shape index (κ1) is 13.0. The van der Waals surface area contributed by atoms with Crippen LogP contribution < -0.4 is 0 Å². The minimum atomic E-state index is -0.263. The summed E-state index contributed by atoms with van der Waals surface area (Å²) in [4.78, 5) is 15.2. The number of benzene rings is 1. The van der Waals surface area contributed by atoms with E-state index < -0.39 is 0 Å². The molecule has 1 atom stereocenters. The van der Waals surface area contributed by atoms with E-state index in [1.165, 1.54) is 17.3 Å². The fourth-order valence-corrected chi connectivity index (χ4v) is 2.75. The Morgan fingerprint density at radius 1 is 1.50 bits per heavy atom. The number of ether oxygens (including phenoxy) is 1. The number of aryl methyl sites for hydroxylation is 1. The number of thioether (sulfide) groups is 1. The van der Waals surface area contributed by atoms with Gasteiger partial charge in [0.05, 0.1) is 6.61 Å². The predicted molar refractivity (Wildman–Crippen MR) is 75.9 cm³/mol. The molecular formula is C14H17NO2S. The zero-order chi connectivity index (χ0) is 13.1. The molecule has 18 heavy (non-hydrogen) atoms. The molecular weight excluding hydrogens is 246 g/mol. The molecule has 1 heterocycles. The lowest BCUT2D eigenvalue weighted by Gasteiger charge is -2.12. The van der Waals surface area contributed by atoms with Gasteiger partial charge in [0.15, 0.2) is 0 Å². The monoisotopic (exact) mass is 263 g/mol. The maximum Gasteiger partial charge on any atom is 0.323 e. The fourth-order valence-electron chi connectivity index (χ4n) is 2.04. The first-order chi connectivity index (χ1) is 8.67. The molecule has 3 nitrogen and oxygen atoms in total. The summed E-state index contributed by atoms with van der Waals surface area (Å²) in [5.74, 6) is -0.174. The molecule has 1 aromatic heterocycles. The number of aromatic nitrogens is 1. The zero-order valence-electron chi connectivity index (χ0n) is 10.8. The average Bonchev–Trinajstić information content (AvgIpc) is 2.74. The Balaban J connectivity index is 2.45. The maximum atomic E-state index is 11.9. The number of carbonyl (C=O) groups excluding carboxylic acids is 1. The van der Waals surface area contributed by atoms with Crippen molar-refractivity contribution in [1.29, 1.82) is 0 Å². The fraction of sp³-hybridized carbons (Fsp3) is 0.357. The van der Waals surface area contributed by atoms with Crippen molar-refractivity contribution < 1.29 is 9.53 Å². The van der Waals surface area contributed by atoms with Gasteiger partial charge in [-0.3, -0.25) is 4.79 Å². The molecule has 0 aliphatic rings. The predicted octanol–water partition coefficient (Wildman–Crippen LogP) is 3.44. The number of nitrogens with one attached hydrogen (secondary N) is 1. The van der Waals surface area contributed by atoms with Crippen molar-refractivity contribution in [2.45, 2.75) is 19.1 Å². The second kappa shape index (κ2) is 5.48. The van der Waals surface area contributed by atoms with E-state index in [-0.39, 0.29) is 11.2 Å².